The number of carbonyl (C=O) groups excluding carboxylic acids is 2. The van der Waals surface area contributed by atoms with Crippen LogP contribution in [0.4, 0.5) is 5.69 Å². The second-order valence-electron chi connectivity index (χ2n) is 6.25. The lowest BCUT2D eigenvalue weighted by atomic mass is 10.0. The number of aryl methyl sites for hydroxylation is 2. The molecule has 0 fully saturated rings. The molecule has 2 amide bonds. The van der Waals surface area contributed by atoms with Gasteiger partial charge in [0.1, 0.15) is 5.75 Å². The summed E-state index contributed by atoms with van der Waals surface area (Å²) in [7, 11) is 1.87. The normalized spacial score (nSPS) is 14.4. The Bertz CT molecular complexity index is 813. The molecule has 0 unspecified atom stereocenters. The van der Waals surface area contributed by atoms with E-state index in [9.17, 15) is 9.59 Å². The number of ether oxygens (including phenoxy) is 1. The van der Waals surface area contributed by atoms with Crippen molar-refractivity contribution in [2.75, 3.05) is 11.9 Å². The zero-order valence-corrected chi connectivity index (χ0v) is 14.6. The van der Waals surface area contributed by atoms with Crippen molar-refractivity contribution in [3.05, 3.63) is 41.2 Å². The molecule has 7 heteroatoms. The van der Waals surface area contributed by atoms with Gasteiger partial charge in [-0.1, -0.05) is 0 Å². The van der Waals surface area contributed by atoms with Gasteiger partial charge in [-0.2, -0.15) is 5.10 Å². The van der Waals surface area contributed by atoms with Crippen molar-refractivity contribution >= 4 is 17.5 Å². The first-order valence-electron chi connectivity index (χ1n) is 8.27. The molecule has 1 atom stereocenters. The van der Waals surface area contributed by atoms with E-state index in [0.717, 1.165) is 22.5 Å². The molecule has 0 spiro atoms. The fourth-order valence-corrected chi connectivity index (χ4v) is 2.90. The van der Waals surface area contributed by atoms with Crippen LogP contribution in [0.3, 0.4) is 0 Å². The quantitative estimate of drug-likeness (QED) is 0.869. The molecule has 1 aliphatic rings. The first-order chi connectivity index (χ1) is 11.9. The number of benzene rings is 1. The molecule has 0 aliphatic carbocycles. The lowest BCUT2D eigenvalue weighted by Crippen LogP contribution is -2.31. The fraction of sp³-hybridized carbons (Fsp3) is 0.389. The fourth-order valence-electron chi connectivity index (χ4n) is 2.90. The van der Waals surface area contributed by atoms with E-state index in [4.69, 9.17) is 4.74 Å². The molecule has 3 rings (SSSR count). The van der Waals surface area contributed by atoms with Crippen LogP contribution in [0.2, 0.25) is 0 Å². The van der Waals surface area contributed by atoms with Crippen molar-refractivity contribution in [2.24, 2.45) is 7.05 Å². The van der Waals surface area contributed by atoms with E-state index in [2.05, 4.69) is 15.7 Å². The first-order valence-corrected chi connectivity index (χ1v) is 8.27. The predicted molar refractivity (Wildman–Crippen MR) is 93.4 cm³/mol. The summed E-state index contributed by atoms with van der Waals surface area (Å²) in [5, 5.41) is 9.92. The summed E-state index contributed by atoms with van der Waals surface area (Å²) in [6.07, 6.45) is 2.92. The molecule has 1 aliphatic heterocycles. The minimum Gasteiger partial charge on any atom is -0.484 e. The molecule has 132 valence electrons. The topological polar surface area (TPSA) is 85.2 Å². The zero-order chi connectivity index (χ0) is 18.0. The van der Waals surface area contributed by atoms with Gasteiger partial charge in [0.25, 0.3) is 5.91 Å². The van der Waals surface area contributed by atoms with E-state index >= 15 is 0 Å². The number of anilines is 1. The highest BCUT2D eigenvalue weighted by molar-refractivity contribution is 5.94. The molecule has 25 heavy (non-hydrogen) atoms. The van der Waals surface area contributed by atoms with Gasteiger partial charge >= 0.3 is 0 Å². The molecule has 2 aromatic rings. The summed E-state index contributed by atoms with van der Waals surface area (Å²) in [6.45, 7) is 3.83. The van der Waals surface area contributed by atoms with Crippen LogP contribution < -0.4 is 15.4 Å². The van der Waals surface area contributed by atoms with E-state index in [1.165, 1.54) is 0 Å². The molecule has 1 aromatic heterocycles. The van der Waals surface area contributed by atoms with Crippen molar-refractivity contribution < 1.29 is 14.3 Å². The molecule has 0 radical (unpaired) electrons. The Kier molecular flexibility index (Phi) is 4.74. The van der Waals surface area contributed by atoms with Crippen molar-refractivity contribution in [3.8, 4) is 5.75 Å². The first kappa shape index (κ1) is 17.0. The van der Waals surface area contributed by atoms with Gasteiger partial charge < -0.3 is 15.4 Å². The van der Waals surface area contributed by atoms with Crippen molar-refractivity contribution in [1.29, 1.82) is 0 Å². The maximum atomic E-state index is 12.1. The standard InChI is InChI=1S/C18H22N4O3/c1-11(15-9-19-22(3)12(15)2)20-18(24)10-25-14-5-6-16-13(8-14)4-7-17(23)21-16/h5-6,8-9,11H,4,7,10H2,1-3H3,(H,20,24)(H,21,23)/t11-/m0/s1. The number of amides is 2. The Morgan fingerprint density at radius 2 is 2.24 bits per heavy atom. The van der Waals surface area contributed by atoms with Crippen molar-refractivity contribution in [3.63, 3.8) is 0 Å². The van der Waals surface area contributed by atoms with Crippen molar-refractivity contribution in [2.45, 2.75) is 32.7 Å². The third kappa shape index (κ3) is 3.81. The Balaban J connectivity index is 1.55. The van der Waals surface area contributed by atoms with E-state index in [1.54, 1.807) is 23.0 Å². The third-order valence-corrected chi connectivity index (χ3v) is 4.46. The number of hydrogen-bond acceptors (Lipinski definition) is 4. The molecular weight excluding hydrogens is 320 g/mol. The van der Waals surface area contributed by atoms with Gasteiger partial charge in [-0.15, -0.1) is 0 Å². The van der Waals surface area contributed by atoms with Gasteiger partial charge in [-0.25, -0.2) is 0 Å². The predicted octanol–water partition coefficient (Wildman–Crippen LogP) is 1.87. The van der Waals surface area contributed by atoms with Crippen LogP contribution in [0.1, 0.15) is 36.2 Å². The van der Waals surface area contributed by atoms with Gasteiger partial charge in [-0.05, 0) is 44.0 Å². The number of nitrogens with one attached hydrogen (secondary N) is 2. The minimum atomic E-state index is -0.193. The summed E-state index contributed by atoms with van der Waals surface area (Å²) in [5.74, 6) is 0.456. The lowest BCUT2D eigenvalue weighted by Gasteiger charge is -2.18. The molecule has 2 N–H and O–H groups in total. The molecule has 0 saturated heterocycles. The number of carbonyl (C=O) groups is 2. The monoisotopic (exact) mass is 342 g/mol. The number of aromatic nitrogens is 2. The highest BCUT2D eigenvalue weighted by atomic mass is 16.5. The molecule has 7 nitrogen and oxygen atoms in total. The van der Waals surface area contributed by atoms with Gasteiger partial charge in [-0.3, -0.25) is 14.3 Å². The number of nitrogens with zero attached hydrogens (tertiary/aromatic N) is 2. The second-order valence-corrected chi connectivity index (χ2v) is 6.25. The molecular formula is C18H22N4O3. The Morgan fingerprint density at radius 3 is 2.96 bits per heavy atom. The van der Waals surface area contributed by atoms with E-state index in [-0.39, 0.29) is 24.5 Å². The minimum absolute atomic E-state index is 0.0280. The highest BCUT2D eigenvalue weighted by Gasteiger charge is 2.17. The number of rotatable bonds is 5. The summed E-state index contributed by atoms with van der Waals surface area (Å²) in [4.78, 5) is 23.5. The zero-order valence-electron chi connectivity index (χ0n) is 14.6. The van der Waals surface area contributed by atoms with Gasteiger partial charge in [0.15, 0.2) is 6.61 Å². The van der Waals surface area contributed by atoms with Crippen LogP contribution in [0.5, 0.6) is 5.75 Å². The van der Waals surface area contributed by atoms with Crippen LogP contribution in [0, 0.1) is 6.92 Å². The molecule has 2 heterocycles. The van der Waals surface area contributed by atoms with E-state index in [1.807, 2.05) is 27.0 Å². The summed E-state index contributed by atoms with van der Waals surface area (Å²) >= 11 is 0. The summed E-state index contributed by atoms with van der Waals surface area (Å²) < 4.78 is 7.37. The van der Waals surface area contributed by atoms with E-state index in [0.29, 0.717) is 18.6 Å². The Morgan fingerprint density at radius 1 is 1.44 bits per heavy atom. The largest absolute Gasteiger partial charge is 0.484 e. The van der Waals surface area contributed by atoms with Crippen LogP contribution >= 0.6 is 0 Å². The van der Waals surface area contributed by atoms with Crippen LogP contribution in [0.15, 0.2) is 24.4 Å². The van der Waals surface area contributed by atoms with Gasteiger partial charge in [0, 0.05) is 30.4 Å². The lowest BCUT2D eigenvalue weighted by molar-refractivity contribution is -0.123. The Labute approximate surface area is 146 Å². The molecule has 0 saturated carbocycles. The smallest absolute Gasteiger partial charge is 0.258 e. The second kappa shape index (κ2) is 6.96. The average molecular weight is 342 g/mol. The van der Waals surface area contributed by atoms with Crippen LogP contribution in [0.25, 0.3) is 0 Å². The maximum absolute atomic E-state index is 12.1. The van der Waals surface area contributed by atoms with Gasteiger partial charge in [0.2, 0.25) is 5.91 Å². The van der Waals surface area contributed by atoms with Crippen molar-refractivity contribution in [1.82, 2.24) is 15.1 Å². The molecule has 1 aromatic carbocycles. The van der Waals surface area contributed by atoms with E-state index < -0.39 is 0 Å². The third-order valence-electron chi connectivity index (χ3n) is 4.46. The highest BCUT2D eigenvalue weighted by Crippen LogP contribution is 2.26. The molecule has 0 bridgehead atoms. The summed E-state index contributed by atoms with van der Waals surface area (Å²) in [5.41, 5.74) is 3.84. The summed E-state index contributed by atoms with van der Waals surface area (Å²) in [6, 6.07) is 5.30. The van der Waals surface area contributed by atoms with Gasteiger partial charge in [0.05, 0.1) is 12.2 Å². The van der Waals surface area contributed by atoms with Crippen LogP contribution in [-0.2, 0) is 23.1 Å². The number of hydrogen-bond donors (Lipinski definition) is 2. The SMILES string of the molecule is Cc1c([C@H](C)NC(=O)COc2ccc3c(c2)CCC(=O)N3)cnn1C. The maximum Gasteiger partial charge on any atom is 0.258 e. The van der Waals surface area contributed by atoms with Crippen LogP contribution in [-0.4, -0.2) is 28.2 Å². The Hall–Kier alpha value is -2.83. The average Bonchev–Trinajstić information content (AvgIpc) is 2.92. The number of fused-ring (bicyclic) bond motifs is 1.